The van der Waals surface area contributed by atoms with E-state index < -0.39 is 15.6 Å². The fourth-order valence-electron chi connectivity index (χ4n) is 4.94. The number of Topliss-reactive ketones (excluding diaryl/α,β-unsaturated/α-hetero) is 1. The third kappa shape index (κ3) is 3.55. The van der Waals surface area contributed by atoms with Crippen LogP contribution in [0, 0.1) is 11.8 Å². The van der Waals surface area contributed by atoms with Gasteiger partial charge in [-0.05, 0) is 61.9 Å². The van der Waals surface area contributed by atoms with Gasteiger partial charge in [0.1, 0.15) is 5.75 Å². The second-order valence-electron chi connectivity index (χ2n) is 8.32. The monoisotopic (exact) mass is 429 g/mol. The zero-order chi connectivity index (χ0) is 21.5. The second kappa shape index (κ2) is 7.80. The van der Waals surface area contributed by atoms with Crippen molar-refractivity contribution in [2.24, 2.45) is 11.8 Å². The van der Waals surface area contributed by atoms with Gasteiger partial charge in [0.15, 0.2) is 5.78 Å². The number of sulfonamides is 1. The molecule has 1 saturated carbocycles. The number of fused-ring (bicyclic) bond motifs is 1. The number of aliphatic hydroxyl groups is 1. The van der Waals surface area contributed by atoms with Crippen LogP contribution >= 0.6 is 0 Å². The fourth-order valence-corrected chi connectivity index (χ4v) is 6.46. The molecule has 1 saturated heterocycles. The molecule has 0 amide bonds. The van der Waals surface area contributed by atoms with Crippen LogP contribution in [0.1, 0.15) is 42.1 Å². The third-order valence-electron chi connectivity index (χ3n) is 6.62. The molecule has 1 heterocycles. The van der Waals surface area contributed by atoms with E-state index in [1.807, 2.05) is 24.3 Å². The lowest BCUT2D eigenvalue weighted by Crippen LogP contribution is -2.43. The van der Waals surface area contributed by atoms with Crippen LogP contribution in [0.2, 0.25) is 0 Å². The molecule has 1 N–H and O–H groups in total. The molecule has 0 spiro atoms. The van der Waals surface area contributed by atoms with Crippen molar-refractivity contribution >= 4 is 15.8 Å². The summed E-state index contributed by atoms with van der Waals surface area (Å²) in [5.41, 5.74) is 0.179. The Bertz CT molecular complexity index is 1050. The predicted molar refractivity (Wildman–Crippen MR) is 113 cm³/mol. The van der Waals surface area contributed by atoms with Gasteiger partial charge in [0.25, 0.3) is 0 Å². The molecule has 0 radical (unpaired) electrons. The number of hydrogen-bond donors (Lipinski definition) is 1. The van der Waals surface area contributed by atoms with Gasteiger partial charge >= 0.3 is 0 Å². The highest BCUT2D eigenvalue weighted by molar-refractivity contribution is 7.89. The first kappa shape index (κ1) is 21.0. The summed E-state index contributed by atoms with van der Waals surface area (Å²) in [6, 6.07) is 13.5. The first-order valence-electron chi connectivity index (χ1n) is 10.2. The number of carbonyl (C=O) groups excluding carboxylic acids is 1. The minimum atomic E-state index is -3.70. The van der Waals surface area contributed by atoms with Crippen molar-refractivity contribution in [1.82, 2.24) is 4.31 Å². The third-order valence-corrected chi connectivity index (χ3v) is 8.47. The molecule has 3 atom stereocenters. The summed E-state index contributed by atoms with van der Waals surface area (Å²) < 4.78 is 33.3. The van der Waals surface area contributed by atoms with Gasteiger partial charge in [-0.2, -0.15) is 4.31 Å². The number of methoxy groups -OCH3 is 1. The molecule has 0 aromatic heterocycles. The molecule has 30 heavy (non-hydrogen) atoms. The Labute approximate surface area is 177 Å². The number of hydrogen-bond acceptors (Lipinski definition) is 5. The van der Waals surface area contributed by atoms with E-state index in [1.54, 1.807) is 19.2 Å². The number of ether oxygens (including phenoxy) is 1. The van der Waals surface area contributed by atoms with Crippen LogP contribution in [0.4, 0.5) is 0 Å². The maximum Gasteiger partial charge on any atom is 0.243 e. The molecule has 2 fully saturated rings. The summed E-state index contributed by atoms with van der Waals surface area (Å²) in [4.78, 5) is 11.7. The summed E-state index contributed by atoms with van der Waals surface area (Å²) in [6.07, 6.45) is 2.34. The van der Waals surface area contributed by atoms with Crippen LogP contribution in [0.3, 0.4) is 0 Å². The average molecular weight is 430 g/mol. The van der Waals surface area contributed by atoms with E-state index in [2.05, 4.69) is 0 Å². The zero-order valence-corrected chi connectivity index (χ0v) is 18.1. The fraction of sp³-hybridized carbons (Fsp3) is 0.435. The quantitative estimate of drug-likeness (QED) is 0.738. The minimum absolute atomic E-state index is 0.0984. The van der Waals surface area contributed by atoms with Crippen molar-refractivity contribution in [2.75, 3.05) is 20.2 Å². The van der Waals surface area contributed by atoms with Gasteiger partial charge in [0.05, 0.1) is 17.6 Å². The van der Waals surface area contributed by atoms with Gasteiger partial charge in [-0.1, -0.05) is 24.3 Å². The smallest absolute Gasteiger partial charge is 0.243 e. The predicted octanol–water partition coefficient (Wildman–Crippen LogP) is 3.21. The Morgan fingerprint density at radius 2 is 1.90 bits per heavy atom. The summed E-state index contributed by atoms with van der Waals surface area (Å²) in [5, 5.41) is 11.7. The van der Waals surface area contributed by atoms with Gasteiger partial charge in [0, 0.05) is 24.6 Å². The van der Waals surface area contributed by atoms with Crippen LogP contribution in [-0.2, 0) is 15.6 Å². The lowest BCUT2D eigenvalue weighted by atomic mass is 9.67. The van der Waals surface area contributed by atoms with Crippen molar-refractivity contribution in [3.05, 3.63) is 59.7 Å². The number of ketones is 1. The Hall–Kier alpha value is -2.22. The molecular formula is C23H27NO5S. The highest BCUT2D eigenvalue weighted by Crippen LogP contribution is 2.49. The molecule has 2 aromatic rings. The zero-order valence-electron chi connectivity index (χ0n) is 17.2. The van der Waals surface area contributed by atoms with Crippen LogP contribution in [-0.4, -0.2) is 43.8 Å². The molecule has 7 heteroatoms. The standard InChI is InChI=1S/C23H27NO5S/c1-16(25)17-8-10-21(11-9-17)30(27,28)24-14-18-5-4-12-23(26,22(18)15-24)19-6-3-7-20(13-19)29-2/h3,6-11,13,18,22,26H,4-5,12,14-15H2,1-2H3/t18-,22+,23+/m0/s1. The lowest BCUT2D eigenvalue weighted by Gasteiger charge is -2.41. The number of carbonyl (C=O) groups is 1. The van der Waals surface area contributed by atoms with Gasteiger partial charge in [-0.3, -0.25) is 4.79 Å². The maximum absolute atomic E-state index is 13.2. The normalized spacial score (nSPS) is 26.9. The second-order valence-corrected chi connectivity index (χ2v) is 10.3. The average Bonchev–Trinajstić information content (AvgIpc) is 3.21. The lowest BCUT2D eigenvalue weighted by molar-refractivity contribution is -0.0641. The van der Waals surface area contributed by atoms with Crippen LogP contribution < -0.4 is 4.74 Å². The van der Waals surface area contributed by atoms with E-state index in [1.165, 1.54) is 23.4 Å². The Morgan fingerprint density at radius 3 is 2.57 bits per heavy atom. The molecule has 0 bridgehead atoms. The first-order chi connectivity index (χ1) is 14.3. The van der Waals surface area contributed by atoms with E-state index in [0.29, 0.717) is 24.3 Å². The summed E-state index contributed by atoms with van der Waals surface area (Å²) >= 11 is 0. The molecule has 0 unspecified atom stereocenters. The van der Waals surface area contributed by atoms with E-state index in [4.69, 9.17) is 4.74 Å². The van der Waals surface area contributed by atoms with Gasteiger partial charge in [0.2, 0.25) is 10.0 Å². The van der Waals surface area contributed by atoms with E-state index in [9.17, 15) is 18.3 Å². The van der Waals surface area contributed by atoms with E-state index >= 15 is 0 Å². The highest BCUT2D eigenvalue weighted by atomic mass is 32.2. The molecule has 2 aromatic carbocycles. The van der Waals surface area contributed by atoms with Crippen molar-refractivity contribution in [3.63, 3.8) is 0 Å². The number of benzene rings is 2. The van der Waals surface area contributed by atoms with Gasteiger partial charge in [-0.15, -0.1) is 0 Å². The van der Waals surface area contributed by atoms with Crippen LogP contribution in [0.5, 0.6) is 5.75 Å². The van der Waals surface area contributed by atoms with E-state index in [0.717, 1.165) is 18.4 Å². The summed E-state index contributed by atoms with van der Waals surface area (Å²) in [6.45, 7) is 2.12. The molecule has 1 aliphatic heterocycles. The SMILES string of the molecule is COc1cccc([C@]2(O)CCC[C@H]3CN(S(=O)(=O)c4ccc(C(C)=O)cc4)C[C@H]32)c1. The van der Waals surface area contributed by atoms with Crippen molar-refractivity contribution in [3.8, 4) is 5.75 Å². The van der Waals surface area contributed by atoms with Crippen molar-refractivity contribution < 1.29 is 23.1 Å². The Kier molecular flexibility index (Phi) is 5.46. The topological polar surface area (TPSA) is 83.9 Å². The van der Waals surface area contributed by atoms with Crippen molar-refractivity contribution in [1.29, 1.82) is 0 Å². The summed E-state index contributed by atoms with van der Waals surface area (Å²) in [5.74, 6) is 0.497. The van der Waals surface area contributed by atoms with E-state index in [-0.39, 0.29) is 29.1 Å². The number of rotatable bonds is 5. The minimum Gasteiger partial charge on any atom is -0.497 e. The van der Waals surface area contributed by atoms with Crippen molar-refractivity contribution in [2.45, 2.75) is 36.7 Å². The molecular weight excluding hydrogens is 402 g/mol. The number of nitrogens with zero attached hydrogens (tertiary/aromatic N) is 1. The Morgan fingerprint density at radius 1 is 1.17 bits per heavy atom. The van der Waals surface area contributed by atoms with Crippen LogP contribution in [0.25, 0.3) is 0 Å². The first-order valence-corrected chi connectivity index (χ1v) is 11.7. The molecule has 4 rings (SSSR count). The summed E-state index contributed by atoms with van der Waals surface area (Å²) in [7, 11) is -2.11. The van der Waals surface area contributed by atoms with Crippen LogP contribution in [0.15, 0.2) is 53.4 Å². The molecule has 6 nitrogen and oxygen atoms in total. The highest BCUT2D eigenvalue weighted by Gasteiger charge is 2.52. The molecule has 1 aliphatic carbocycles. The van der Waals surface area contributed by atoms with Gasteiger partial charge in [-0.25, -0.2) is 8.42 Å². The van der Waals surface area contributed by atoms with Gasteiger partial charge < -0.3 is 9.84 Å². The largest absolute Gasteiger partial charge is 0.497 e. The molecule has 160 valence electrons. The molecule has 2 aliphatic rings. The Balaban J connectivity index is 1.63. The maximum atomic E-state index is 13.2.